The molecule has 0 bridgehead atoms. The summed E-state index contributed by atoms with van der Waals surface area (Å²) < 4.78 is 61.7. The predicted octanol–water partition coefficient (Wildman–Crippen LogP) is -0.477. The Balaban J connectivity index is 1.50. The van der Waals surface area contributed by atoms with Gasteiger partial charge >= 0.3 is 12.1 Å². The number of rotatable bonds is 12. The van der Waals surface area contributed by atoms with Gasteiger partial charge in [0.15, 0.2) is 18.1 Å². The van der Waals surface area contributed by atoms with Gasteiger partial charge in [0.05, 0.1) is 25.0 Å². The molecule has 1 fully saturated rings. The summed E-state index contributed by atoms with van der Waals surface area (Å²) in [5.41, 5.74) is -2.77. The second-order valence-corrected chi connectivity index (χ2v) is 10.3. The highest BCUT2D eigenvalue weighted by Gasteiger charge is 2.47. The molecule has 0 saturated carbocycles. The Kier molecular flexibility index (Phi) is 10.7. The van der Waals surface area contributed by atoms with Crippen LogP contribution in [0.2, 0.25) is 0 Å². The maximum atomic E-state index is 15.0. The fraction of sp³-hybridized carbons (Fsp3) is 0.481. The molecule has 15 nitrogen and oxygen atoms in total. The fourth-order valence-electron chi connectivity index (χ4n) is 4.86. The van der Waals surface area contributed by atoms with Crippen molar-refractivity contribution in [2.45, 2.75) is 62.7 Å². The fourth-order valence-corrected chi connectivity index (χ4v) is 4.86. The van der Waals surface area contributed by atoms with Gasteiger partial charge in [0, 0.05) is 29.6 Å². The molecule has 45 heavy (non-hydrogen) atoms. The van der Waals surface area contributed by atoms with Gasteiger partial charge in [0.25, 0.3) is 6.33 Å². The first-order valence-corrected chi connectivity index (χ1v) is 13.7. The zero-order chi connectivity index (χ0) is 32.9. The summed E-state index contributed by atoms with van der Waals surface area (Å²) in [5, 5.41) is 40.7. The minimum atomic E-state index is -2.21. The number of ether oxygens (including phenoxy) is 3. The molecule has 1 saturated heterocycles. The van der Waals surface area contributed by atoms with E-state index in [2.05, 4.69) is 25.7 Å². The van der Waals surface area contributed by atoms with Crippen LogP contribution in [0.4, 0.5) is 18.0 Å². The van der Waals surface area contributed by atoms with Crippen LogP contribution >= 0.6 is 0 Å². The third kappa shape index (κ3) is 7.54. The number of aliphatic hydroxyl groups excluding tert-OH is 2. The third-order valence-electron chi connectivity index (χ3n) is 7.29. The van der Waals surface area contributed by atoms with Gasteiger partial charge in [-0.15, -0.1) is 4.68 Å². The van der Waals surface area contributed by atoms with E-state index in [1.165, 1.54) is 42.8 Å². The number of aliphatic hydroxyl groups is 3. The first kappa shape index (κ1) is 33.7. The van der Waals surface area contributed by atoms with Crippen LogP contribution < -0.4 is 15.2 Å². The lowest BCUT2D eigenvalue weighted by atomic mass is 9.79. The van der Waals surface area contributed by atoms with Crippen molar-refractivity contribution >= 4 is 12.1 Å². The number of nitrogens with one attached hydrogen (secondary N) is 2. The number of benzene rings is 1. The number of carbonyl (C=O) groups excluding carboxylic acids is 2. The van der Waals surface area contributed by atoms with Crippen molar-refractivity contribution in [3.8, 4) is 0 Å². The highest BCUT2D eigenvalue weighted by Crippen LogP contribution is 2.39. The molecule has 0 aliphatic carbocycles. The van der Waals surface area contributed by atoms with E-state index in [0.29, 0.717) is 6.07 Å². The van der Waals surface area contributed by atoms with Crippen LogP contribution in [0.3, 0.4) is 0 Å². The quantitative estimate of drug-likeness (QED) is 0.126. The van der Waals surface area contributed by atoms with Crippen molar-refractivity contribution in [3.05, 3.63) is 72.1 Å². The minimum absolute atomic E-state index is 0.183. The Hall–Kier alpha value is -4.23. The van der Waals surface area contributed by atoms with Crippen LogP contribution in [0.5, 0.6) is 0 Å². The number of alkyl carbamates (subject to hydrolysis) is 1. The molecule has 1 aliphatic rings. The van der Waals surface area contributed by atoms with Crippen molar-refractivity contribution in [3.63, 3.8) is 0 Å². The molecule has 0 spiro atoms. The summed E-state index contributed by atoms with van der Waals surface area (Å²) in [5.74, 6) is -4.73. The lowest BCUT2D eigenvalue weighted by Gasteiger charge is -2.32. The summed E-state index contributed by atoms with van der Waals surface area (Å²) in [6, 6.07) is 2.58. The molecule has 1 amide bonds. The molecule has 5 N–H and O–H groups in total. The van der Waals surface area contributed by atoms with Crippen molar-refractivity contribution < 1.29 is 56.9 Å². The van der Waals surface area contributed by atoms with E-state index >= 15 is 0 Å². The number of nitrogens with zero attached hydrogens (tertiary/aromatic N) is 5. The summed E-state index contributed by atoms with van der Waals surface area (Å²) in [6.45, 7) is 1.60. The predicted molar refractivity (Wildman–Crippen MR) is 143 cm³/mol. The lowest BCUT2D eigenvalue weighted by Crippen LogP contribution is -2.49. The Morgan fingerprint density at radius 1 is 1.24 bits per heavy atom. The Labute approximate surface area is 254 Å². The number of aromatic nitrogens is 5. The highest BCUT2D eigenvalue weighted by atomic mass is 19.1. The minimum Gasteiger partial charge on any atom is -0.454 e. The smallest absolute Gasteiger partial charge is 0.412 e. The van der Waals surface area contributed by atoms with E-state index in [-0.39, 0.29) is 17.8 Å². The number of amides is 1. The molecule has 7 atom stereocenters. The average molecular weight is 641 g/mol. The molecule has 3 heterocycles. The van der Waals surface area contributed by atoms with Crippen LogP contribution in [0.15, 0.2) is 43.4 Å². The van der Waals surface area contributed by atoms with Gasteiger partial charge in [0.2, 0.25) is 12.6 Å². The monoisotopic (exact) mass is 640 g/mol. The van der Waals surface area contributed by atoms with Gasteiger partial charge in [-0.1, -0.05) is 13.0 Å². The van der Waals surface area contributed by atoms with E-state index in [4.69, 9.17) is 14.2 Å². The third-order valence-corrected chi connectivity index (χ3v) is 7.29. The molecule has 18 heteroatoms. The molecule has 1 aromatic carbocycles. The van der Waals surface area contributed by atoms with Crippen molar-refractivity contribution in [1.82, 2.24) is 30.4 Å². The van der Waals surface area contributed by atoms with Gasteiger partial charge in [-0.2, -0.15) is 4.57 Å². The van der Waals surface area contributed by atoms with Crippen LogP contribution in [0.25, 0.3) is 0 Å². The van der Waals surface area contributed by atoms with Gasteiger partial charge in [-0.3, -0.25) is 10.1 Å². The van der Waals surface area contributed by atoms with Gasteiger partial charge in [-0.25, -0.2) is 27.9 Å². The van der Waals surface area contributed by atoms with E-state index < -0.39 is 85.0 Å². The summed E-state index contributed by atoms with van der Waals surface area (Å²) in [6.07, 6.45) is -2.86. The second-order valence-electron chi connectivity index (χ2n) is 10.3. The maximum absolute atomic E-state index is 15.0. The zero-order valence-electron chi connectivity index (χ0n) is 24.4. The largest absolute Gasteiger partial charge is 0.454 e. The Bertz CT molecular complexity index is 1500. The van der Waals surface area contributed by atoms with E-state index in [9.17, 15) is 38.1 Å². The SMILES string of the molecule is CNCC(=O)O[C@H]1C(NC(=O)OC(C)[n+]2cnn(C[C@](O)(c3ccc(F)cc3F)[C@@H](C)c3ncncc3F)c2)O[C@H](CO)[C@@H]1O. The number of hydrogen-bond acceptors (Lipinski definition) is 12. The van der Waals surface area contributed by atoms with Crippen molar-refractivity contribution in [2.75, 3.05) is 20.2 Å². The summed E-state index contributed by atoms with van der Waals surface area (Å²) >= 11 is 0. The summed E-state index contributed by atoms with van der Waals surface area (Å²) in [4.78, 5) is 32.1. The number of carbonyl (C=O) groups is 2. The number of halogens is 3. The summed E-state index contributed by atoms with van der Waals surface area (Å²) in [7, 11) is 1.51. The molecule has 1 aliphatic heterocycles. The molecular weight excluding hydrogens is 607 g/mol. The first-order chi connectivity index (χ1) is 21.4. The number of likely N-dealkylation sites (N-methyl/N-ethyl adjacent to an activating group) is 1. The van der Waals surface area contributed by atoms with Gasteiger partial charge in [0.1, 0.15) is 42.3 Å². The van der Waals surface area contributed by atoms with Crippen molar-refractivity contribution in [1.29, 1.82) is 0 Å². The van der Waals surface area contributed by atoms with E-state index in [1.54, 1.807) is 0 Å². The van der Waals surface area contributed by atoms with E-state index in [0.717, 1.165) is 24.7 Å². The molecule has 2 aromatic heterocycles. The van der Waals surface area contributed by atoms with Gasteiger partial charge in [-0.05, 0) is 13.1 Å². The number of hydrogen-bond donors (Lipinski definition) is 5. The Morgan fingerprint density at radius 2 is 2.00 bits per heavy atom. The molecule has 4 rings (SSSR count). The zero-order valence-corrected chi connectivity index (χ0v) is 24.4. The standard InChI is InChI=1S/C27H32F3N7O8/c1-14(22-19(30)7-32-11-33-22)27(42,17-5-4-16(28)6-18(17)29)10-37-13-36(12-34-37)15(2)43-26(41)35-25-24(45-21(39)8-31-3)23(40)20(9-38)44-25/h4-7,11-15,20,23-25,31,38,40,42H,8-10H2,1-3H3/p+1/t14-,15?,20+,23-,24+,25?,27+/m0/s1. The maximum Gasteiger partial charge on any atom is 0.412 e. The van der Waals surface area contributed by atoms with Crippen molar-refractivity contribution in [2.24, 2.45) is 0 Å². The molecule has 0 radical (unpaired) electrons. The van der Waals surface area contributed by atoms with E-state index in [1.807, 2.05) is 0 Å². The molecular formula is C27H33F3N7O8+. The molecule has 3 aromatic rings. The molecule has 244 valence electrons. The highest BCUT2D eigenvalue weighted by molar-refractivity contribution is 5.72. The van der Waals surface area contributed by atoms with Crippen LogP contribution in [-0.2, 0) is 31.2 Å². The average Bonchev–Trinajstić information content (AvgIpc) is 3.57. The van der Waals surface area contributed by atoms with Crippen LogP contribution in [0, 0.1) is 17.5 Å². The molecule has 2 unspecified atom stereocenters. The lowest BCUT2D eigenvalue weighted by molar-refractivity contribution is -0.753. The second kappa shape index (κ2) is 14.2. The first-order valence-electron chi connectivity index (χ1n) is 13.7. The topological polar surface area (TPSA) is 194 Å². The van der Waals surface area contributed by atoms with Gasteiger partial charge < -0.3 is 34.8 Å². The van der Waals surface area contributed by atoms with Crippen LogP contribution in [0.1, 0.15) is 37.3 Å². The normalized spacial score (nSPS) is 22.3. The number of esters is 1. The Morgan fingerprint density at radius 3 is 2.67 bits per heavy atom. The van der Waals surface area contributed by atoms with Crippen LogP contribution in [-0.4, -0.2) is 91.9 Å².